The molecule has 0 saturated carbocycles. The quantitative estimate of drug-likeness (QED) is 0.766. The summed E-state index contributed by atoms with van der Waals surface area (Å²) < 4.78 is 0. The first-order valence-corrected chi connectivity index (χ1v) is 4.07. The number of hydrogen-bond acceptors (Lipinski definition) is 2. The molecule has 0 saturated heterocycles. The second kappa shape index (κ2) is 3.77. The first-order chi connectivity index (χ1) is 6.06. The molecule has 3 nitrogen and oxygen atoms in total. The highest BCUT2D eigenvalue weighted by Crippen LogP contribution is 2.20. The third-order valence-electron chi connectivity index (χ3n) is 1.83. The van der Waals surface area contributed by atoms with Gasteiger partial charge in [0.05, 0.1) is 12.2 Å². The Morgan fingerprint density at radius 3 is 2.62 bits per heavy atom. The summed E-state index contributed by atoms with van der Waals surface area (Å²) in [5.74, 6) is -1.07. The Hall–Kier alpha value is -1.06. The van der Waals surface area contributed by atoms with Gasteiger partial charge in [-0.3, -0.25) is 0 Å². The summed E-state index contributed by atoms with van der Waals surface area (Å²) in [6.45, 7) is 1.43. The highest BCUT2D eigenvalue weighted by Gasteiger charge is 2.12. The van der Waals surface area contributed by atoms with Gasteiger partial charge in [0.1, 0.15) is 0 Å². The molecule has 0 aromatic heterocycles. The van der Waals surface area contributed by atoms with Gasteiger partial charge in [0.15, 0.2) is 0 Å². The van der Waals surface area contributed by atoms with Crippen molar-refractivity contribution in [2.45, 2.75) is 13.5 Å². The van der Waals surface area contributed by atoms with Gasteiger partial charge in [-0.2, -0.15) is 0 Å². The second-order valence-electron chi connectivity index (χ2n) is 2.71. The van der Waals surface area contributed by atoms with Crippen LogP contribution in [0.3, 0.4) is 0 Å². The van der Waals surface area contributed by atoms with Crippen LogP contribution in [0.4, 0.5) is 0 Å². The van der Waals surface area contributed by atoms with Crippen LogP contribution in [-0.4, -0.2) is 16.2 Å². The van der Waals surface area contributed by atoms with E-state index in [1.807, 2.05) is 0 Å². The molecular weight excluding hydrogens is 192 g/mol. The van der Waals surface area contributed by atoms with Crippen molar-refractivity contribution in [2.24, 2.45) is 0 Å². The second-order valence-corrected chi connectivity index (χ2v) is 3.15. The Bertz CT molecular complexity index is 347. The van der Waals surface area contributed by atoms with E-state index in [0.29, 0.717) is 16.1 Å². The first kappa shape index (κ1) is 10.0. The number of carboxylic acid groups (broad SMARTS) is 1. The number of aliphatic hydroxyl groups excluding tert-OH is 1. The summed E-state index contributed by atoms with van der Waals surface area (Å²) in [6.07, 6.45) is 0. The number of hydrogen-bond donors (Lipinski definition) is 2. The zero-order valence-electron chi connectivity index (χ0n) is 7.04. The summed E-state index contributed by atoms with van der Waals surface area (Å²) in [5.41, 5.74) is 1.16. The van der Waals surface area contributed by atoms with Crippen molar-refractivity contribution in [3.63, 3.8) is 0 Å². The molecule has 0 aliphatic rings. The highest BCUT2D eigenvalue weighted by atomic mass is 35.5. The van der Waals surface area contributed by atoms with E-state index in [-0.39, 0.29) is 12.2 Å². The van der Waals surface area contributed by atoms with Crippen molar-refractivity contribution in [2.75, 3.05) is 0 Å². The van der Waals surface area contributed by atoms with Crippen LogP contribution < -0.4 is 0 Å². The molecule has 0 unspecified atom stereocenters. The number of benzene rings is 1. The smallest absolute Gasteiger partial charge is 0.336 e. The predicted octanol–water partition coefficient (Wildman–Crippen LogP) is 1.84. The lowest BCUT2D eigenvalue weighted by molar-refractivity contribution is 0.0693. The molecule has 0 radical (unpaired) electrons. The maximum atomic E-state index is 10.7. The van der Waals surface area contributed by atoms with Crippen LogP contribution in [0.25, 0.3) is 0 Å². The largest absolute Gasteiger partial charge is 0.478 e. The lowest BCUT2D eigenvalue weighted by Crippen LogP contribution is -2.04. The van der Waals surface area contributed by atoms with Crippen molar-refractivity contribution >= 4 is 17.6 Å². The van der Waals surface area contributed by atoms with Gasteiger partial charge in [-0.05, 0) is 30.2 Å². The summed E-state index contributed by atoms with van der Waals surface area (Å²) >= 11 is 5.68. The highest BCUT2D eigenvalue weighted by molar-refractivity contribution is 6.31. The number of aromatic carboxylic acids is 1. The Morgan fingerprint density at radius 2 is 2.15 bits per heavy atom. The van der Waals surface area contributed by atoms with Crippen LogP contribution >= 0.6 is 11.6 Å². The van der Waals surface area contributed by atoms with Gasteiger partial charge in [-0.25, -0.2) is 4.79 Å². The average Bonchev–Trinajstić information content (AvgIpc) is 2.02. The molecular formula is C9H9ClO3. The van der Waals surface area contributed by atoms with Crippen LogP contribution in [0, 0.1) is 6.92 Å². The normalized spacial score (nSPS) is 10.1. The fourth-order valence-electron chi connectivity index (χ4n) is 1.17. The third kappa shape index (κ3) is 1.99. The molecule has 1 rings (SSSR count). The van der Waals surface area contributed by atoms with Gasteiger partial charge in [-0.1, -0.05) is 11.6 Å². The van der Waals surface area contributed by atoms with E-state index in [2.05, 4.69) is 0 Å². The fourth-order valence-corrected chi connectivity index (χ4v) is 1.45. The van der Waals surface area contributed by atoms with Gasteiger partial charge < -0.3 is 10.2 Å². The van der Waals surface area contributed by atoms with E-state index in [9.17, 15) is 4.79 Å². The molecule has 4 heteroatoms. The Kier molecular flexibility index (Phi) is 2.90. The molecule has 0 bridgehead atoms. The van der Waals surface area contributed by atoms with E-state index in [0.717, 1.165) is 0 Å². The SMILES string of the molecule is Cc1cc(Cl)cc(C(=O)O)c1CO. The molecule has 0 atom stereocenters. The van der Waals surface area contributed by atoms with Gasteiger partial charge >= 0.3 is 5.97 Å². The van der Waals surface area contributed by atoms with Crippen molar-refractivity contribution < 1.29 is 15.0 Å². The summed E-state index contributed by atoms with van der Waals surface area (Å²) in [4.78, 5) is 10.7. The van der Waals surface area contributed by atoms with E-state index in [1.54, 1.807) is 13.0 Å². The van der Waals surface area contributed by atoms with Crippen molar-refractivity contribution in [1.29, 1.82) is 0 Å². The minimum Gasteiger partial charge on any atom is -0.478 e. The zero-order valence-corrected chi connectivity index (χ0v) is 7.80. The minimum atomic E-state index is -1.07. The molecule has 0 fully saturated rings. The Labute approximate surface area is 80.6 Å². The van der Waals surface area contributed by atoms with E-state index in [4.69, 9.17) is 21.8 Å². The molecule has 1 aromatic carbocycles. The molecule has 1 aromatic rings. The van der Waals surface area contributed by atoms with Crippen molar-refractivity contribution in [3.8, 4) is 0 Å². The number of halogens is 1. The van der Waals surface area contributed by atoms with Gasteiger partial charge in [0, 0.05) is 5.02 Å². The molecule has 0 aliphatic carbocycles. The maximum Gasteiger partial charge on any atom is 0.336 e. The standard InChI is InChI=1S/C9H9ClO3/c1-5-2-6(10)3-7(9(12)13)8(5)4-11/h2-3,11H,4H2,1H3,(H,12,13). The molecule has 13 heavy (non-hydrogen) atoms. The summed E-state index contributed by atoms with van der Waals surface area (Å²) in [6, 6.07) is 2.96. The van der Waals surface area contributed by atoms with Gasteiger partial charge in [-0.15, -0.1) is 0 Å². The number of carbonyl (C=O) groups is 1. The maximum absolute atomic E-state index is 10.7. The topological polar surface area (TPSA) is 57.5 Å². The number of rotatable bonds is 2. The van der Waals surface area contributed by atoms with Crippen LogP contribution in [-0.2, 0) is 6.61 Å². The molecule has 2 N–H and O–H groups in total. The zero-order chi connectivity index (χ0) is 10.0. The minimum absolute atomic E-state index is 0.0625. The third-order valence-corrected chi connectivity index (χ3v) is 2.04. The number of aliphatic hydroxyl groups is 1. The first-order valence-electron chi connectivity index (χ1n) is 3.69. The fraction of sp³-hybridized carbons (Fsp3) is 0.222. The molecule has 0 aliphatic heterocycles. The summed E-state index contributed by atoms with van der Waals surface area (Å²) in [7, 11) is 0. The molecule has 70 valence electrons. The van der Waals surface area contributed by atoms with Gasteiger partial charge in [0.2, 0.25) is 0 Å². The van der Waals surface area contributed by atoms with Crippen LogP contribution in [0.1, 0.15) is 21.5 Å². The van der Waals surface area contributed by atoms with E-state index in [1.165, 1.54) is 6.07 Å². The lowest BCUT2D eigenvalue weighted by Gasteiger charge is -2.07. The van der Waals surface area contributed by atoms with Crippen LogP contribution in [0.2, 0.25) is 5.02 Å². The van der Waals surface area contributed by atoms with E-state index >= 15 is 0 Å². The van der Waals surface area contributed by atoms with Crippen LogP contribution in [0.15, 0.2) is 12.1 Å². The van der Waals surface area contributed by atoms with Crippen LogP contribution in [0.5, 0.6) is 0 Å². The average molecular weight is 201 g/mol. The summed E-state index contributed by atoms with van der Waals surface area (Å²) in [5, 5.41) is 18.1. The molecule has 0 amide bonds. The molecule has 0 spiro atoms. The Morgan fingerprint density at radius 1 is 1.54 bits per heavy atom. The Balaban J connectivity index is 3.38. The number of carboxylic acids is 1. The van der Waals surface area contributed by atoms with Gasteiger partial charge in [0.25, 0.3) is 0 Å². The molecule has 0 heterocycles. The monoisotopic (exact) mass is 200 g/mol. The van der Waals surface area contributed by atoms with Crippen molar-refractivity contribution in [1.82, 2.24) is 0 Å². The lowest BCUT2D eigenvalue weighted by atomic mass is 10.0. The number of aryl methyl sites for hydroxylation is 1. The van der Waals surface area contributed by atoms with E-state index < -0.39 is 5.97 Å². The predicted molar refractivity (Wildman–Crippen MR) is 49.1 cm³/mol. The van der Waals surface area contributed by atoms with Crippen molar-refractivity contribution in [3.05, 3.63) is 33.8 Å².